The maximum atomic E-state index is 17.4. The van der Waals surface area contributed by atoms with E-state index in [0.29, 0.717) is 47.8 Å². The lowest BCUT2D eigenvalue weighted by atomic mass is 9.91. The number of rotatable bonds is 16. The molecule has 5 aliphatic heterocycles. The minimum Gasteiger partial charge on any atom is -0.508 e. The van der Waals surface area contributed by atoms with E-state index < -0.39 is 23.9 Å². The van der Waals surface area contributed by atoms with Crippen LogP contribution in [0.3, 0.4) is 0 Å². The third-order valence-electron chi connectivity index (χ3n) is 17.2. The van der Waals surface area contributed by atoms with Gasteiger partial charge in [-0.15, -0.1) is 11.3 Å². The van der Waals surface area contributed by atoms with Gasteiger partial charge in [-0.2, -0.15) is 9.97 Å². The second-order valence-electron chi connectivity index (χ2n) is 22.5. The van der Waals surface area contributed by atoms with E-state index in [1.807, 2.05) is 75.7 Å². The normalized spacial score (nSPS) is 23.9. The number of anilines is 1. The molecule has 7 aromatic rings. The lowest BCUT2D eigenvalue weighted by Crippen LogP contribution is -2.51. The molecular formula is C59H67FN10O7S. The Hall–Kier alpha value is -6.80. The first-order valence-corrected chi connectivity index (χ1v) is 28.5. The van der Waals surface area contributed by atoms with Gasteiger partial charge in [0.2, 0.25) is 11.8 Å². The fourth-order valence-corrected chi connectivity index (χ4v) is 14.0. The number of aromatic nitrogens is 5. The number of benzene rings is 3. The molecule has 5 aliphatic rings. The van der Waals surface area contributed by atoms with Gasteiger partial charge in [0, 0.05) is 62.0 Å². The summed E-state index contributed by atoms with van der Waals surface area (Å²) in [6.45, 7) is 12.7. The topological polar surface area (TPSA) is 204 Å². The van der Waals surface area contributed by atoms with Crippen LogP contribution < -0.4 is 25.0 Å². The number of thiazole rings is 1. The molecule has 78 heavy (non-hydrogen) atoms. The van der Waals surface area contributed by atoms with Crippen LogP contribution in [0.25, 0.3) is 43.4 Å². The van der Waals surface area contributed by atoms with E-state index >= 15 is 4.39 Å². The Kier molecular flexibility index (Phi) is 14.1. The summed E-state index contributed by atoms with van der Waals surface area (Å²) in [7, 11) is 0. The molecule has 0 saturated carbocycles. The van der Waals surface area contributed by atoms with Gasteiger partial charge in [0.1, 0.15) is 48.0 Å². The number of halogens is 1. The number of fused-ring (bicyclic) bond motifs is 5. The molecule has 12 rings (SSSR count). The Morgan fingerprint density at radius 2 is 1.81 bits per heavy atom. The summed E-state index contributed by atoms with van der Waals surface area (Å²) in [5.41, 5.74) is 6.21. The number of likely N-dealkylation sites (tertiary alicyclic amines) is 1. The lowest BCUT2D eigenvalue weighted by molar-refractivity contribution is -0.141. The van der Waals surface area contributed by atoms with Gasteiger partial charge >= 0.3 is 6.01 Å². The molecule has 19 heteroatoms. The molecule has 0 radical (unpaired) electrons. The van der Waals surface area contributed by atoms with Gasteiger partial charge in [0.15, 0.2) is 11.6 Å². The van der Waals surface area contributed by atoms with Gasteiger partial charge in [-0.3, -0.25) is 19.5 Å². The van der Waals surface area contributed by atoms with Crippen LogP contribution in [0.1, 0.15) is 107 Å². The van der Waals surface area contributed by atoms with Crippen molar-refractivity contribution in [2.45, 2.75) is 134 Å². The van der Waals surface area contributed by atoms with Crippen molar-refractivity contribution in [2.75, 3.05) is 44.3 Å². The van der Waals surface area contributed by atoms with E-state index in [2.05, 4.69) is 37.5 Å². The number of carbonyl (C=O) groups excluding carboxylic acids is 2. The number of aliphatic hydroxyl groups is 1. The molecule has 5 fully saturated rings. The number of nitrogens with zero attached hydrogens (tertiary/aromatic N) is 8. The number of β-amino-alcohol motifs (C(OH)–C–C–N with tert-alkyl or cyclic N) is 1. The zero-order valence-electron chi connectivity index (χ0n) is 44.7. The summed E-state index contributed by atoms with van der Waals surface area (Å²) in [5, 5.41) is 34.9. The van der Waals surface area contributed by atoms with E-state index in [9.17, 15) is 19.8 Å². The number of phenols is 1. The zero-order chi connectivity index (χ0) is 54.0. The molecule has 5 saturated heterocycles. The molecule has 0 spiro atoms. The number of aromatic hydroxyl groups is 1. The van der Waals surface area contributed by atoms with E-state index in [-0.39, 0.29) is 77.2 Å². The molecule has 4 aromatic heterocycles. The van der Waals surface area contributed by atoms with Crippen molar-refractivity contribution in [3.8, 4) is 39.3 Å². The van der Waals surface area contributed by atoms with Crippen molar-refractivity contribution in [1.82, 2.24) is 45.5 Å². The number of pyridine rings is 1. The summed E-state index contributed by atoms with van der Waals surface area (Å²) in [5.74, 6) is -1.04. The Bertz CT molecular complexity index is 3380. The van der Waals surface area contributed by atoms with E-state index in [4.69, 9.17) is 28.9 Å². The van der Waals surface area contributed by atoms with E-state index in [1.54, 1.807) is 35.7 Å². The molecular weight excluding hydrogens is 1010 g/mol. The van der Waals surface area contributed by atoms with Crippen molar-refractivity contribution in [3.05, 3.63) is 101 Å². The maximum Gasteiger partial charge on any atom is 0.319 e. The minimum atomic E-state index is -0.865. The second kappa shape index (κ2) is 21.1. The van der Waals surface area contributed by atoms with Gasteiger partial charge in [0.25, 0.3) is 5.88 Å². The van der Waals surface area contributed by atoms with Crippen LogP contribution in [0.15, 0.2) is 76.9 Å². The third-order valence-corrected chi connectivity index (χ3v) is 18.1. The fraction of sp³-hybridized carbons (Fsp3) is 0.475. The van der Waals surface area contributed by atoms with E-state index in [0.717, 1.165) is 103 Å². The van der Waals surface area contributed by atoms with Crippen molar-refractivity contribution >= 4 is 50.6 Å². The number of hydrogen-bond acceptors (Lipinski definition) is 16. The molecule has 2 bridgehead atoms. The Morgan fingerprint density at radius 3 is 2.56 bits per heavy atom. The average molecular weight is 1080 g/mol. The van der Waals surface area contributed by atoms with Gasteiger partial charge in [-0.1, -0.05) is 63.2 Å². The summed E-state index contributed by atoms with van der Waals surface area (Å²) >= 11 is 1.58. The molecule has 4 N–H and O–H groups in total. The predicted octanol–water partition coefficient (Wildman–Crippen LogP) is 8.65. The van der Waals surface area contributed by atoms with Crippen LogP contribution in [0.4, 0.5) is 10.2 Å². The number of aliphatic hydroxyl groups excluding tert-OH is 1. The third kappa shape index (κ3) is 9.70. The predicted molar refractivity (Wildman–Crippen MR) is 295 cm³/mol. The number of aryl methyl sites for hydroxylation is 2. The Balaban J connectivity index is 0.731. The van der Waals surface area contributed by atoms with Crippen LogP contribution in [0, 0.1) is 18.7 Å². The second-order valence-corrected chi connectivity index (χ2v) is 23.4. The molecule has 3 unspecified atom stereocenters. The van der Waals surface area contributed by atoms with Gasteiger partial charge < -0.3 is 44.6 Å². The number of ether oxygens (including phenoxy) is 2. The van der Waals surface area contributed by atoms with Crippen LogP contribution in [0.5, 0.6) is 17.6 Å². The standard InChI is InChI=1S/C59H67FN10O7S/c1-6-35-9-7-10-38-21-42(71)22-44(50(35)38)52-51(60)53-45(25-61-52)55(68-26-39-15-16-40(27-68)64-39)66-58(65-53)76-30-59-18-8-20-70(59)41(17-19-59)29-75-48-24-47(77-67-48)49(32(2)3)57(74)69-28-43(72)23-46(69)56(73)63-33(4)36-11-13-37(14-12-36)54-34(5)62-31-78-54/h7,9-14,21-22,24-25,31-33,39-41,43,46,49,64,71-72H,6,8,15-20,23,26-30H2,1-5H3,(H,63,73)/t33-,39?,40?,41-,43+,46-,49?,59+/m0/s1. The van der Waals surface area contributed by atoms with Gasteiger partial charge in [0.05, 0.1) is 39.2 Å². The van der Waals surface area contributed by atoms with E-state index in [1.165, 1.54) is 4.90 Å². The van der Waals surface area contributed by atoms with Crippen LogP contribution in [-0.2, 0) is 16.0 Å². The lowest BCUT2D eigenvalue weighted by Gasteiger charge is -2.35. The average Bonchev–Trinajstić information content (AvgIpc) is 4.42. The number of phenolic OH excluding ortho intramolecular Hbond substituents is 1. The molecule has 3 aromatic carbocycles. The summed E-state index contributed by atoms with van der Waals surface area (Å²) in [4.78, 5) is 54.6. The maximum absolute atomic E-state index is 17.4. The number of piperazine rings is 1. The minimum absolute atomic E-state index is 0.0240. The van der Waals surface area contributed by atoms with Gasteiger partial charge in [-0.25, -0.2) is 9.37 Å². The number of hydrogen-bond donors (Lipinski definition) is 4. The largest absolute Gasteiger partial charge is 0.508 e. The first-order valence-electron chi connectivity index (χ1n) is 27.6. The smallest absolute Gasteiger partial charge is 0.319 e. The highest BCUT2D eigenvalue weighted by Crippen LogP contribution is 2.44. The molecule has 2 amide bonds. The Labute approximate surface area is 456 Å². The SMILES string of the molecule is CCc1cccc2cc(O)cc(-c3ncc4c(N5CC6CCC(C5)N6)nc(OC[C@]56CCCN5[C@H](COc5cc(C(C(=O)N7C[C@H](O)C[C@H]7C(=O)N[C@@H](C)c7ccc(-c8scnc8C)cc7)C(C)C)on5)CC6)nc4c3F)c12. The summed E-state index contributed by atoms with van der Waals surface area (Å²) in [6.07, 6.45) is 7.32. The fourth-order valence-electron chi connectivity index (χ4n) is 13.2. The molecule has 9 heterocycles. The quantitative estimate of drug-likeness (QED) is 0.0715. The van der Waals surface area contributed by atoms with Gasteiger partial charge in [-0.05, 0) is 116 Å². The van der Waals surface area contributed by atoms with Crippen LogP contribution in [-0.4, -0.2) is 132 Å². The van der Waals surface area contributed by atoms with Crippen LogP contribution in [0.2, 0.25) is 0 Å². The number of carbonyl (C=O) groups is 2. The van der Waals surface area contributed by atoms with Crippen molar-refractivity contribution in [2.24, 2.45) is 5.92 Å². The first-order chi connectivity index (χ1) is 37.7. The highest BCUT2D eigenvalue weighted by molar-refractivity contribution is 7.13. The van der Waals surface area contributed by atoms with Crippen molar-refractivity contribution in [3.63, 3.8) is 0 Å². The molecule has 0 aliphatic carbocycles. The summed E-state index contributed by atoms with van der Waals surface area (Å²) in [6, 6.07) is 18.4. The zero-order valence-corrected chi connectivity index (χ0v) is 45.6. The number of nitrogens with one attached hydrogen (secondary N) is 2. The van der Waals surface area contributed by atoms with Crippen molar-refractivity contribution in [1.29, 1.82) is 0 Å². The highest BCUT2D eigenvalue weighted by atomic mass is 32.1. The first kappa shape index (κ1) is 51.9. The highest BCUT2D eigenvalue weighted by Gasteiger charge is 2.50. The Morgan fingerprint density at radius 1 is 1.00 bits per heavy atom. The van der Waals surface area contributed by atoms with Crippen LogP contribution >= 0.6 is 11.3 Å². The molecule has 8 atom stereocenters. The number of amides is 2. The van der Waals surface area contributed by atoms with Crippen molar-refractivity contribution < 1.29 is 38.2 Å². The molecule has 408 valence electrons. The summed E-state index contributed by atoms with van der Waals surface area (Å²) < 4.78 is 36.2. The molecule has 17 nitrogen and oxygen atoms in total. The monoisotopic (exact) mass is 1080 g/mol.